The van der Waals surface area contributed by atoms with Crippen LogP contribution in [0, 0.1) is 0 Å². The molecule has 0 bridgehead atoms. The second-order valence-electron chi connectivity index (χ2n) is 25.3. The average Bonchev–Trinajstić information content (AvgIpc) is 3.47. The maximum atomic E-state index is 12.5. The lowest BCUT2D eigenvalue weighted by Crippen LogP contribution is -2.45. The van der Waals surface area contributed by atoms with E-state index in [0.29, 0.717) is 19.4 Å². The molecule has 3 N–H and O–H groups in total. The van der Waals surface area contributed by atoms with Gasteiger partial charge in [-0.1, -0.05) is 346 Å². The van der Waals surface area contributed by atoms with E-state index in [1.165, 1.54) is 334 Å². The van der Waals surface area contributed by atoms with E-state index in [-0.39, 0.29) is 18.5 Å². The van der Waals surface area contributed by atoms with Crippen molar-refractivity contribution in [2.24, 2.45) is 0 Å². The van der Waals surface area contributed by atoms with Crippen molar-refractivity contribution in [3.05, 3.63) is 36.5 Å². The normalized spacial score (nSPS) is 12.7. The third-order valence-electron chi connectivity index (χ3n) is 17.1. The number of carbonyl (C=O) groups excluding carboxylic acids is 2. The molecule has 0 aliphatic rings. The van der Waals surface area contributed by atoms with Gasteiger partial charge >= 0.3 is 5.97 Å². The van der Waals surface area contributed by atoms with Gasteiger partial charge < -0.3 is 20.3 Å². The second kappa shape index (κ2) is 70.6. The lowest BCUT2D eigenvalue weighted by Gasteiger charge is -2.20. The molecule has 0 aliphatic carbocycles. The molecule has 1 amide bonds. The largest absolute Gasteiger partial charge is 0.466 e. The summed E-state index contributed by atoms with van der Waals surface area (Å²) in [7, 11) is 0. The molecule has 2 unspecified atom stereocenters. The number of unbranched alkanes of at least 4 members (excludes halogenated alkanes) is 54. The highest BCUT2D eigenvalue weighted by molar-refractivity contribution is 5.76. The molecule has 0 aromatic heterocycles. The Kier molecular flexibility index (Phi) is 68.9. The zero-order chi connectivity index (χ0) is 58.5. The van der Waals surface area contributed by atoms with Crippen LogP contribution in [0.2, 0.25) is 0 Å². The molecule has 0 spiro atoms. The number of rotatable bonds is 69. The minimum atomic E-state index is -0.849. The first kappa shape index (κ1) is 79.1. The van der Waals surface area contributed by atoms with Crippen LogP contribution in [0.25, 0.3) is 0 Å². The first-order valence-corrected chi connectivity index (χ1v) is 36.8. The van der Waals surface area contributed by atoms with E-state index in [1.807, 2.05) is 6.08 Å². The van der Waals surface area contributed by atoms with Crippen LogP contribution in [0.4, 0.5) is 0 Å². The van der Waals surface area contributed by atoms with Gasteiger partial charge in [0, 0.05) is 12.8 Å². The van der Waals surface area contributed by atoms with Crippen molar-refractivity contribution in [1.82, 2.24) is 5.32 Å². The Balaban J connectivity index is 3.42. The van der Waals surface area contributed by atoms with Crippen molar-refractivity contribution in [3.8, 4) is 0 Å². The molecule has 478 valence electrons. The molecule has 0 fully saturated rings. The van der Waals surface area contributed by atoms with E-state index in [4.69, 9.17) is 4.74 Å². The SMILES string of the molecule is CCCCCCCCC/C=C\CCCCCCCCCC(=O)OCCCCCCCCCCCCCC/C=C\CCCCCCCCCCC(=O)NC(CO)C(O)/C=C/CCCCCCCCCCCCCCCCCCCCCC. The summed E-state index contributed by atoms with van der Waals surface area (Å²) in [5.74, 6) is -0.0588. The number of carbonyl (C=O) groups is 2. The van der Waals surface area contributed by atoms with Gasteiger partial charge in [-0.05, 0) is 83.5 Å². The van der Waals surface area contributed by atoms with Gasteiger partial charge in [0.1, 0.15) is 0 Å². The summed E-state index contributed by atoms with van der Waals surface area (Å²) in [5, 5.41) is 23.3. The number of amides is 1. The van der Waals surface area contributed by atoms with Gasteiger partial charge in [-0.2, -0.15) is 0 Å². The lowest BCUT2D eigenvalue weighted by atomic mass is 10.0. The number of hydrogen-bond acceptors (Lipinski definition) is 5. The Morgan fingerprint density at radius 2 is 0.580 bits per heavy atom. The van der Waals surface area contributed by atoms with Gasteiger partial charge in [-0.15, -0.1) is 0 Å². The van der Waals surface area contributed by atoms with E-state index in [0.717, 1.165) is 44.9 Å². The number of esters is 1. The van der Waals surface area contributed by atoms with E-state index < -0.39 is 12.1 Å². The Morgan fingerprint density at radius 3 is 0.877 bits per heavy atom. The molecule has 6 nitrogen and oxygen atoms in total. The molecule has 0 radical (unpaired) electrons. The molecule has 0 aromatic carbocycles. The Labute approximate surface area is 506 Å². The molecular weight excluding hydrogens is 995 g/mol. The fourth-order valence-electron chi connectivity index (χ4n) is 11.5. The maximum Gasteiger partial charge on any atom is 0.305 e. The highest BCUT2D eigenvalue weighted by Crippen LogP contribution is 2.18. The Morgan fingerprint density at radius 1 is 0.333 bits per heavy atom. The summed E-state index contributed by atoms with van der Waals surface area (Å²) < 4.78 is 5.50. The van der Waals surface area contributed by atoms with Crippen LogP contribution in [0.15, 0.2) is 36.5 Å². The van der Waals surface area contributed by atoms with Crippen LogP contribution in [0.3, 0.4) is 0 Å². The van der Waals surface area contributed by atoms with Crippen LogP contribution in [-0.2, 0) is 14.3 Å². The lowest BCUT2D eigenvalue weighted by molar-refractivity contribution is -0.143. The summed E-state index contributed by atoms with van der Waals surface area (Å²) in [6.45, 7) is 4.94. The van der Waals surface area contributed by atoms with E-state index in [1.54, 1.807) is 6.08 Å². The summed E-state index contributed by atoms with van der Waals surface area (Å²) in [6.07, 6.45) is 90.8. The van der Waals surface area contributed by atoms with Crippen LogP contribution in [0.5, 0.6) is 0 Å². The predicted octanol–water partition coefficient (Wildman–Crippen LogP) is 23.9. The zero-order valence-electron chi connectivity index (χ0n) is 54.8. The highest BCUT2D eigenvalue weighted by Gasteiger charge is 2.18. The summed E-state index contributed by atoms with van der Waals surface area (Å²) in [4.78, 5) is 24.6. The molecule has 2 atom stereocenters. The van der Waals surface area contributed by atoms with Crippen molar-refractivity contribution in [2.75, 3.05) is 13.2 Å². The summed E-state index contributed by atoms with van der Waals surface area (Å²) in [5.41, 5.74) is 0. The zero-order valence-corrected chi connectivity index (χ0v) is 54.8. The quantitative estimate of drug-likeness (QED) is 0.0320. The number of nitrogens with one attached hydrogen (secondary N) is 1. The van der Waals surface area contributed by atoms with E-state index in [2.05, 4.69) is 43.5 Å². The van der Waals surface area contributed by atoms with Crippen LogP contribution in [-0.4, -0.2) is 47.4 Å². The monoisotopic (exact) mass is 1140 g/mol. The third kappa shape index (κ3) is 67.1. The van der Waals surface area contributed by atoms with Crippen LogP contribution < -0.4 is 5.32 Å². The summed E-state index contributed by atoms with van der Waals surface area (Å²) in [6, 6.07) is -0.633. The molecule has 0 aromatic rings. The van der Waals surface area contributed by atoms with Gasteiger partial charge in [-0.3, -0.25) is 9.59 Å². The number of aliphatic hydroxyl groups excluding tert-OH is 2. The van der Waals surface area contributed by atoms with Crippen LogP contribution >= 0.6 is 0 Å². The molecule has 6 heteroatoms. The molecule has 81 heavy (non-hydrogen) atoms. The molecule has 0 rings (SSSR count). The fourth-order valence-corrected chi connectivity index (χ4v) is 11.5. The van der Waals surface area contributed by atoms with Crippen molar-refractivity contribution < 1.29 is 24.5 Å². The second-order valence-corrected chi connectivity index (χ2v) is 25.3. The summed E-state index contributed by atoms with van der Waals surface area (Å²) >= 11 is 0. The van der Waals surface area contributed by atoms with Gasteiger partial charge in [0.2, 0.25) is 5.91 Å². The predicted molar refractivity (Wildman–Crippen MR) is 356 cm³/mol. The fraction of sp³-hybridized carbons (Fsp3) is 0.893. The van der Waals surface area contributed by atoms with Crippen LogP contribution in [0.1, 0.15) is 406 Å². The topological polar surface area (TPSA) is 95.9 Å². The van der Waals surface area contributed by atoms with Gasteiger partial charge in [0.25, 0.3) is 0 Å². The van der Waals surface area contributed by atoms with Crippen molar-refractivity contribution in [3.63, 3.8) is 0 Å². The first-order chi connectivity index (χ1) is 40.0. The average molecular weight is 1140 g/mol. The number of hydrogen-bond donors (Lipinski definition) is 3. The van der Waals surface area contributed by atoms with Crippen molar-refractivity contribution in [1.29, 1.82) is 0 Å². The highest BCUT2D eigenvalue weighted by atomic mass is 16.5. The van der Waals surface area contributed by atoms with Gasteiger partial charge in [-0.25, -0.2) is 0 Å². The number of aliphatic hydroxyl groups is 2. The van der Waals surface area contributed by atoms with Crippen molar-refractivity contribution in [2.45, 2.75) is 418 Å². The Bertz CT molecular complexity index is 1310. The van der Waals surface area contributed by atoms with E-state index in [9.17, 15) is 19.8 Å². The molecule has 0 aliphatic heterocycles. The van der Waals surface area contributed by atoms with E-state index >= 15 is 0 Å². The Hall–Kier alpha value is -1.92. The van der Waals surface area contributed by atoms with Crippen molar-refractivity contribution >= 4 is 11.9 Å². The minimum Gasteiger partial charge on any atom is -0.466 e. The molecule has 0 heterocycles. The standard InChI is InChI=1S/C75H143NO5/c1-3-5-7-9-11-13-15-17-19-21-23-24-29-32-35-39-43-47-51-55-59-63-67-73(78)72(71-77)76-74(79)68-64-60-56-52-48-44-40-36-33-30-27-25-26-28-31-34-38-42-46-50-54-58-62-66-70-81-75(80)69-65-61-57-53-49-45-41-37-22-20-18-16-14-12-10-8-6-4-2/h20,22,27,30,63,67,72-73,77-78H,3-19,21,23-26,28-29,31-62,64-66,68-71H2,1-2H3,(H,76,79)/b22-20-,30-27-,67-63+. The molecule has 0 saturated carbocycles. The van der Waals surface area contributed by atoms with Gasteiger partial charge in [0.15, 0.2) is 0 Å². The minimum absolute atomic E-state index is 0.00985. The molecule has 0 saturated heterocycles. The number of allylic oxidation sites excluding steroid dienone is 5. The van der Waals surface area contributed by atoms with Gasteiger partial charge in [0.05, 0.1) is 25.4 Å². The molecular formula is C75H143NO5. The number of ether oxygens (including phenoxy) is 1. The smallest absolute Gasteiger partial charge is 0.305 e. The third-order valence-corrected chi connectivity index (χ3v) is 17.1. The maximum absolute atomic E-state index is 12.5. The first-order valence-electron chi connectivity index (χ1n) is 36.8.